The molecular weight excluding hydrogens is 326 g/mol. The molecule has 1 atom stereocenters. The van der Waals surface area contributed by atoms with E-state index in [1.54, 1.807) is 11.3 Å². The standard InChI is InChI=1S/C14H16BrNS2/c1-3-10(2)12-8-18-14(16-12)9-17-13-7-5-4-6-11(13)15/h4-8,10H,3,9H2,1-2H3. The second-order valence-electron chi connectivity index (χ2n) is 4.19. The molecule has 1 aromatic heterocycles. The Kier molecular flexibility index (Phi) is 5.27. The zero-order valence-electron chi connectivity index (χ0n) is 10.5. The Bertz CT molecular complexity index is 510. The van der Waals surface area contributed by atoms with Gasteiger partial charge in [-0.1, -0.05) is 26.0 Å². The minimum atomic E-state index is 0.573. The van der Waals surface area contributed by atoms with Gasteiger partial charge in [0.05, 0.1) is 11.4 Å². The highest BCUT2D eigenvalue weighted by Gasteiger charge is 2.09. The summed E-state index contributed by atoms with van der Waals surface area (Å²) in [6, 6.07) is 8.32. The largest absolute Gasteiger partial charge is 0.245 e. The lowest BCUT2D eigenvalue weighted by Crippen LogP contribution is -1.91. The molecule has 0 bridgehead atoms. The molecule has 96 valence electrons. The van der Waals surface area contributed by atoms with Crippen molar-refractivity contribution in [2.24, 2.45) is 0 Å². The number of nitrogens with zero attached hydrogens (tertiary/aromatic N) is 1. The lowest BCUT2D eigenvalue weighted by molar-refractivity contribution is 0.711. The van der Waals surface area contributed by atoms with Crippen molar-refractivity contribution < 1.29 is 0 Å². The lowest BCUT2D eigenvalue weighted by Gasteiger charge is -2.03. The Morgan fingerprint density at radius 2 is 2.17 bits per heavy atom. The third kappa shape index (κ3) is 3.59. The summed E-state index contributed by atoms with van der Waals surface area (Å²) in [5.41, 5.74) is 1.24. The predicted octanol–water partition coefficient (Wildman–Crippen LogP) is 5.71. The van der Waals surface area contributed by atoms with Crippen molar-refractivity contribution in [1.29, 1.82) is 0 Å². The Morgan fingerprint density at radius 1 is 1.39 bits per heavy atom. The number of thioether (sulfide) groups is 1. The van der Waals surface area contributed by atoms with Gasteiger partial charge in [0, 0.05) is 14.7 Å². The fourth-order valence-electron chi connectivity index (χ4n) is 1.53. The molecule has 2 rings (SSSR count). The monoisotopic (exact) mass is 341 g/mol. The molecule has 0 spiro atoms. The number of hydrogen-bond acceptors (Lipinski definition) is 3. The molecule has 0 fully saturated rings. The van der Waals surface area contributed by atoms with Gasteiger partial charge in [0.1, 0.15) is 5.01 Å². The summed E-state index contributed by atoms with van der Waals surface area (Å²) in [4.78, 5) is 5.98. The average molecular weight is 342 g/mol. The number of benzene rings is 1. The van der Waals surface area contributed by atoms with Crippen LogP contribution in [-0.2, 0) is 5.75 Å². The highest BCUT2D eigenvalue weighted by atomic mass is 79.9. The maximum atomic E-state index is 4.71. The lowest BCUT2D eigenvalue weighted by atomic mass is 10.1. The van der Waals surface area contributed by atoms with E-state index in [0.717, 1.165) is 16.6 Å². The zero-order chi connectivity index (χ0) is 13.0. The van der Waals surface area contributed by atoms with Gasteiger partial charge in [0.2, 0.25) is 0 Å². The van der Waals surface area contributed by atoms with E-state index in [9.17, 15) is 0 Å². The van der Waals surface area contributed by atoms with Crippen LogP contribution in [0, 0.1) is 0 Å². The maximum absolute atomic E-state index is 4.71. The Balaban J connectivity index is 1.98. The van der Waals surface area contributed by atoms with E-state index < -0.39 is 0 Å². The molecule has 0 radical (unpaired) electrons. The van der Waals surface area contributed by atoms with Crippen molar-refractivity contribution in [3.05, 3.63) is 44.8 Å². The minimum absolute atomic E-state index is 0.573. The SMILES string of the molecule is CCC(C)c1csc(CSc2ccccc2Br)n1. The summed E-state index contributed by atoms with van der Waals surface area (Å²) in [5.74, 6) is 1.52. The number of rotatable bonds is 5. The van der Waals surface area contributed by atoms with Crippen molar-refractivity contribution in [3.8, 4) is 0 Å². The highest BCUT2D eigenvalue weighted by Crippen LogP contribution is 2.31. The van der Waals surface area contributed by atoms with Gasteiger partial charge in [-0.3, -0.25) is 0 Å². The van der Waals surface area contributed by atoms with Crippen LogP contribution in [0.5, 0.6) is 0 Å². The van der Waals surface area contributed by atoms with Crippen LogP contribution in [0.2, 0.25) is 0 Å². The molecule has 0 saturated heterocycles. The molecule has 0 saturated carbocycles. The quantitative estimate of drug-likeness (QED) is 0.645. The molecule has 2 aromatic rings. The summed E-state index contributed by atoms with van der Waals surface area (Å²) < 4.78 is 1.16. The summed E-state index contributed by atoms with van der Waals surface area (Å²) in [7, 11) is 0. The number of thiazole rings is 1. The molecule has 0 N–H and O–H groups in total. The molecule has 0 amide bonds. The van der Waals surface area contributed by atoms with Crippen LogP contribution in [0.3, 0.4) is 0 Å². The summed E-state index contributed by atoms with van der Waals surface area (Å²) >= 11 is 7.18. The second-order valence-corrected chi connectivity index (χ2v) is 7.01. The Morgan fingerprint density at radius 3 is 2.89 bits per heavy atom. The molecule has 1 heterocycles. The van der Waals surface area contributed by atoms with E-state index in [1.807, 2.05) is 17.8 Å². The van der Waals surface area contributed by atoms with Crippen LogP contribution in [-0.4, -0.2) is 4.98 Å². The number of aromatic nitrogens is 1. The van der Waals surface area contributed by atoms with Crippen LogP contribution in [0.4, 0.5) is 0 Å². The number of halogens is 1. The molecule has 0 aliphatic heterocycles. The fraction of sp³-hybridized carbons (Fsp3) is 0.357. The van der Waals surface area contributed by atoms with Crippen LogP contribution in [0.15, 0.2) is 39.0 Å². The van der Waals surface area contributed by atoms with Crippen LogP contribution >= 0.6 is 39.0 Å². The van der Waals surface area contributed by atoms with Gasteiger partial charge in [-0.05, 0) is 40.4 Å². The molecule has 4 heteroatoms. The molecule has 18 heavy (non-hydrogen) atoms. The molecule has 0 aliphatic carbocycles. The van der Waals surface area contributed by atoms with E-state index in [0.29, 0.717) is 5.92 Å². The Labute approximate surface area is 125 Å². The smallest absolute Gasteiger partial charge is 0.103 e. The minimum Gasteiger partial charge on any atom is -0.245 e. The second kappa shape index (κ2) is 6.73. The molecular formula is C14H16BrNS2. The third-order valence-corrected chi connectivity index (χ3v) is 5.96. The first-order valence-electron chi connectivity index (χ1n) is 6.02. The highest BCUT2D eigenvalue weighted by molar-refractivity contribution is 9.10. The van der Waals surface area contributed by atoms with Gasteiger partial charge in [0.25, 0.3) is 0 Å². The molecule has 1 aromatic carbocycles. The predicted molar refractivity (Wildman–Crippen MR) is 84.5 cm³/mol. The topological polar surface area (TPSA) is 12.9 Å². The normalized spacial score (nSPS) is 12.6. The van der Waals surface area contributed by atoms with E-state index in [2.05, 4.69) is 53.4 Å². The van der Waals surface area contributed by atoms with Crippen molar-refractivity contribution in [3.63, 3.8) is 0 Å². The van der Waals surface area contributed by atoms with E-state index in [4.69, 9.17) is 4.98 Å². The third-order valence-electron chi connectivity index (χ3n) is 2.87. The van der Waals surface area contributed by atoms with Gasteiger partial charge in [-0.25, -0.2) is 4.98 Å². The van der Waals surface area contributed by atoms with Crippen molar-refractivity contribution in [2.45, 2.75) is 36.8 Å². The first-order valence-corrected chi connectivity index (χ1v) is 8.68. The molecule has 1 unspecified atom stereocenters. The maximum Gasteiger partial charge on any atom is 0.103 e. The summed E-state index contributed by atoms with van der Waals surface area (Å²) in [6.45, 7) is 4.44. The van der Waals surface area contributed by atoms with E-state index in [1.165, 1.54) is 15.6 Å². The zero-order valence-corrected chi connectivity index (χ0v) is 13.7. The van der Waals surface area contributed by atoms with Crippen molar-refractivity contribution in [2.75, 3.05) is 0 Å². The molecule has 1 nitrogen and oxygen atoms in total. The van der Waals surface area contributed by atoms with Gasteiger partial charge in [-0.2, -0.15) is 0 Å². The van der Waals surface area contributed by atoms with Crippen molar-refractivity contribution in [1.82, 2.24) is 4.98 Å². The van der Waals surface area contributed by atoms with Crippen LogP contribution < -0.4 is 0 Å². The summed E-state index contributed by atoms with van der Waals surface area (Å²) in [5, 5.41) is 3.41. The van der Waals surface area contributed by atoms with Crippen LogP contribution in [0.1, 0.15) is 36.9 Å². The average Bonchev–Trinajstić information content (AvgIpc) is 2.86. The van der Waals surface area contributed by atoms with Crippen molar-refractivity contribution >= 4 is 39.0 Å². The number of hydrogen-bond donors (Lipinski definition) is 0. The van der Waals surface area contributed by atoms with Gasteiger partial charge in [-0.15, -0.1) is 23.1 Å². The van der Waals surface area contributed by atoms with E-state index in [-0.39, 0.29) is 0 Å². The first kappa shape index (κ1) is 14.1. The van der Waals surface area contributed by atoms with E-state index >= 15 is 0 Å². The van der Waals surface area contributed by atoms with Gasteiger partial charge >= 0.3 is 0 Å². The van der Waals surface area contributed by atoms with Gasteiger partial charge in [0.15, 0.2) is 0 Å². The fourth-order valence-corrected chi connectivity index (χ4v) is 4.03. The molecule has 0 aliphatic rings. The van der Waals surface area contributed by atoms with Crippen LogP contribution in [0.25, 0.3) is 0 Å². The van der Waals surface area contributed by atoms with Gasteiger partial charge < -0.3 is 0 Å². The Hall–Kier alpha value is -0.320. The first-order chi connectivity index (χ1) is 8.70. The summed E-state index contributed by atoms with van der Waals surface area (Å²) in [6.07, 6.45) is 1.15.